The van der Waals surface area contributed by atoms with Gasteiger partial charge in [-0.05, 0) is 17.7 Å². The monoisotopic (exact) mass is 435 g/mol. The summed E-state index contributed by atoms with van der Waals surface area (Å²) in [6, 6.07) is 13.1. The van der Waals surface area contributed by atoms with Gasteiger partial charge in [-0.1, -0.05) is 36.4 Å². The van der Waals surface area contributed by atoms with Crippen LogP contribution in [0.4, 0.5) is 13.9 Å². The van der Waals surface area contributed by atoms with Crippen LogP contribution in [-0.4, -0.2) is 43.9 Å². The van der Waals surface area contributed by atoms with Crippen molar-refractivity contribution >= 4 is 26.5 Å². The predicted octanol–water partition coefficient (Wildman–Crippen LogP) is 3.52. The molecule has 0 radical (unpaired) electrons. The summed E-state index contributed by atoms with van der Waals surface area (Å²) < 4.78 is 54.4. The van der Waals surface area contributed by atoms with Gasteiger partial charge >= 0.3 is 0 Å². The summed E-state index contributed by atoms with van der Waals surface area (Å²) in [5.41, 5.74) is 2.13. The average molecular weight is 436 g/mol. The molecule has 0 bridgehead atoms. The number of halogens is 2. The van der Waals surface area contributed by atoms with E-state index in [0.717, 1.165) is 39.8 Å². The Morgan fingerprint density at radius 3 is 2.24 bits per heavy atom. The number of hydrogen-bond donors (Lipinski definition) is 0. The molecule has 152 valence electrons. The van der Waals surface area contributed by atoms with Crippen molar-refractivity contribution in [3.8, 4) is 0 Å². The Labute approximate surface area is 172 Å². The number of aromatic nitrogens is 1. The highest BCUT2D eigenvalue weighted by Gasteiger charge is 2.33. The number of thiazole rings is 1. The fourth-order valence-electron chi connectivity index (χ4n) is 3.31. The minimum atomic E-state index is -4.22. The quantitative estimate of drug-likeness (QED) is 0.615. The third kappa shape index (κ3) is 4.17. The Kier molecular flexibility index (Phi) is 5.62. The van der Waals surface area contributed by atoms with Gasteiger partial charge in [0.1, 0.15) is 11.6 Å². The van der Waals surface area contributed by atoms with Gasteiger partial charge in [0, 0.05) is 38.0 Å². The lowest BCUT2D eigenvalue weighted by atomic mass is 10.1. The smallest absolute Gasteiger partial charge is 0.249 e. The standard InChI is InChI=1S/C20H19F2N3O2S2/c21-17-7-4-8-18(22)19(17)29(26,27)25-11-9-24(10-12-25)20-23-16(14-28-20)13-15-5-2-1-3-6-15/h1-8,14H,9-13H2. The van der Waals surface area contributed by atoms with Crippen molar-refractivity contribution in [1.82, 2.24) is 9.29 Å². The number of piperazine rings is 1. The summed E-state index contributed by atoms with van der Waals surface area (Å²) >= 11 is 1.51. The topological polar surface area (TPSA) is 53.5 Å². The first-order valence-electron chi connectivity index (χ1n) is 9.12. The van der Waals surface area contributed by atoms with Crippen LogP contribution in [0.2, 0.25) is 0 Å². The minimum absolute atomic E-state index is 0.143. The molecule has 5 nitrogen and oxygen atoms in total. The van der Waals surface area contributed by atoms with E-state index in [9.17, 15) is 17.2 Å². The predicted molar refractivity (Wildman–Crippen MR) is 109 cm³/mol. The molecular weight excluding hydrogens is 416 g/mol. The minimum Gasteiger partial charge on any atom is -0.345 e. The molecule has 0 amide bonds. The molecular formula is C20H19F2N3O2S2. The van der Waals surface area contributed by atoms with Crippen molar-refractivity contribution in [1.29, 1.82) is 0 Å². The third-order valence-corrected chi connectivity index (χ3v) is 7.69. The van der Waals surface area contributed by atoms with Crippen molar-refractivity contribution in [2.75, 3.05) is 31.1 Å². The van der Waals surface area contributed by atoms with E-state index in [1.807, 2.05) is 40.6 Å². The van der Waals surface area contributed by atoms with Crippen molar-refractivity contribution in [2.24, 2.45) is 0 Å². The van der Waals surface area contributed by atoms with Gasteiger partial charge in [0.25, 0.3) is 0 Å². The second kappa shape index (κ2) is 8.17. The zero-order valence-electron chi connectivity index (χ0n) is 15.5. The zero-order chi connectivity index (χ0) is 20.4. The fourth-order valence-corrected chi connectivity index (χ4v) is 5.72. The SMILES string of the molecule is O=S(=O)(c1c(F)cccc1F)N1CCN(c2nc(Cc3ccccc3)cs2)CC1. The second-order valence-electron chi connectivity index (χ2n) is 6.73. The molecule has 0 atom stereocenters. The van der Waals surface area contributed by atoms with Gasteiger partial charge < -0.3 is 4.90 Å². The van der Waals surface area contributed by atoms with E-state index >= 15 is 0 Å². The molecule has 2 heterocycles. The highest BCUT2D eigenvalue weighted by Crippen LogP contribution is 2.27. The van der Waals surface area contributed by atoms with Crippen LogP contribution in [0.3, 0.4) is 0 Å². The molecule has 1 saturated heterocycles. The van der Waals surface area contributed by atoms with Crippen LogP contribution in [0.25, 0.3) is 0 Å². The van der Waals surface area contributed by atoms with Gasteiger partial charge in [-0.15, -0.1) is 11.3 Å². The van der Waals surface area contributed by atoms with Crippen LogP contribution in [0.15, 0.2) is 58.8 Å². The van der Waals surface area contributed by atoms with Gasteiger partial charge in [0.15, 0.2) is 10.0 Å². The Morgan fingerprint density at radius 1 is 0.931 bits per heavy atom. The van der Waals surface area contributed by atoms with Crippen LogP contribution in [0.1, 0.15) is 11.3 Å². The first-order valence-corrected chi connectivity index (χ1v) is 11.4. The number of benzene rings is 2. The third-order valence-electron chi connectivity index (χ3n) is 4.79. The summed E-state index contributed by atoms with van der Waals surface area (Å²) in [5, 5.41) is 2.82. The molecule has 3 aromatic rings. The zero-order valence-corrected chi connectivity index (χ0v) is 17.1. The van der Waals surface area contributed by atoms with Crippen LogP contribution < -0.4 is 4.90 Å². The van der Waals surface area contributed by atoms with Gasteiger partial charge in [0.05, 0.1) is 5.69 Å². The summed E-state index contributed by atoms with van der Waals surface area (Å²) in [4.78, 5) is 5.78. The molecule has 0 unspecified atom stereocenters. The molecule has 1 fully saturated rings. The van der Waals surface area contributed by atoms with E-state index in [1.54, 1.807) is 0 Å². The van der Waals surface area contributed by atoms with Crippen molar-refractivity contribution in [3.05, 3.63) is 76.8 Å². The molecule has 9 heteroatoms. The van der Waals surface area contributed by atoms with Gasteiger partial charge in [-0.25, -0.2) is 22.2 Å². The fraction of sp³-hybridized carbons (Fsp3) is 0.250. The van der Waals surface area contributed by atoms with Crippen LogP contribution in [0, 0.1) is 11.6 Å². The maximum Gasteiger partial charge on any atom is 0.249 e. The summed E-state index contributed by atoms with van der Waals surface area (Å²) in [7, 11) is -4.22. The highest BCUT2D eigenvalue weighted by atomic mass is 32.2. The molecule has 1 aliphatic heterocycles. The number of nitrogens with zero attached hydrogens (tertiary/aromatic N) is 3. The Morgan fingerprint density at radius 2 is 1.59 bits per heavy atom. The second-order valence-corrected chi connectivity index (χ2v) is 9.44. The number of hydrogen-bond acceptors (Lipinski definition) is 5. The average Bonchev–Trinajstić information content (AvgIpc) is 3.17. The summed E-state index contributed by atoms with van der Waals surface area (Å²) in [6.45, 7) is 1.11. The lowest BCUT2D eigenvalue weighted by Gasteiger charge is -2.33. The van der Waals surface area contributed by atoms with Crippen molar-refractivity contribution in [2.45, 2.75) is 11.3 Å². The summed E-state index contributed by atoms with van der Waals surface area (Å²) in [5.74, 6) is -2.14. The molecule has 0 aliphatic carbocycles. The number of rotatable bonds is 5. The highest BCUT2D eigenvalue weighted by molar-refractivity contribution is 7.89. The summed E-state index contributed by atoms with van der Waals surface area (Å²) in [6.07, 6.45) is 0.734. The van der Waals surface area contributed by atoms with Gasteiger partial charge in [-0.2, -0.15) is 4.31 Å². The van der Waals surface area contributed by atoms with E-state index in [1.165, 1.54) is 16.9 Å². The van der Waals surface area contributed by atoms with Crippen LogP contribution in [0.5, 0.6) is 0 Å². The lowest BCUT2D eigenvalue weighted by molar-refractivity contribution is 0.378. The molecule has 2 aromatic carbocycles. The van der Waals surface area contributed by atoms with Gasteiger partial charge in [0.2, 0.25) is 10.0 Å². The lowest BCUT2D eigenvalue weighted by Crippen LogP contribution is -2.49. The van der Waals surface area contributed by atoms with Gasteiger partial charge in [-0.3, -0.25) is 0 Å². The molecule has 0 spiro atoms. The normalized spacial score (nSPS) is 15.6. The van der Waals surface area contributed by atoms with E-state index < -0.39 is 26.6 Å². The van der Waals surface area contributed by atoms with Crippen molar-refractivity contribution in [3.63, 3.8) is 0 Å². The maximum absolute atomic E-state index is 14.0. The van der Waals surface area contributed by atoms with Crippen LogP contribution in [-0.2, 0) is 16.4 Å². The van der Waals surface area contributed by atoms with E-state index in [2.05, 4.69) is 4.98 Å². The molecule has 1 aliphatic rings. The first kappa shape index (κ1) is 19.9. The van der Waals surface area contributed by atoms with E-state index in [-0.39, 0.29) is 13.1 Å². The molecule has 4 rings (SSSR count). The Balaban J connectivity index is 1.43. The molecule has 1 aromatic heterocycles. The first-order chi connectivity index (χ1) is 13.9. The molecule has 29 heavy (non-hydrogen) atoms. The molecule has 0 N–H and O–H groups in total. The van der Waals surface area contributed by atoms with Crippen LogP contribution >= 0.6 is 11.3 Å². The number of anilines is 1. The van der Waals surface area contributed by atoms with Crippen molar-refractivity contribution < 1.29 is 17.2 Å². The van der Waals surface area contributed by atoms with E-state index in [4.69, 9.17) is 0 Å². The molecule has 0 saturated carbocycles. The Bertz CT molecular complexity index is 1080. The maximum atomic E-state index is 14.0. The number of sulfonamides is 1. The van der Waals surface area contributed by atoms with E-state index in [0.29, 0.717) is 13.1 Å². The Hall–Kier alpha value is -2.36. The largest absolute Gasteiger partial charge is 0.345 e.